The number of nitrogens with zero attached hydrogens (tertiary/aromatic N) is 1. The van der Waals surface area contributed by atoms with E-state index in [0.717, 1.165) is 25.7 Å². The average molecular weight is 269 g/mol. The van der Waals surface area contributed by atoms with Crippen molar-refractivity contribution in [2.24, 2.45) is 0 Å². The van der Waals surface area contributed by atoms with Crippen LogP contribution in [0.3, 0.4) is 0 Å². The smallest absolute Gasteiger partial charge is 0.312 e. The van der Waals surface area contributed by atoms with E-state index in [4.69, 9.17) is 0 Å². The summed E-state index contributed by atoms with van der Waals surface area (Å²) in [4.78, 5) is 36.1. The van der Waals surface area contributed by atoms with Gasteiger partial charge < -0.3 is 15.5 Å². The summed E-state index contributed by atoms with van der Waals surface area (Å²) < 4.78 is 0. The van der Waals surface area contributed by atoms with Crippen molar-refractivity contribution in [3.63, 3.8) is 0 Å². The zero-order chi connectivity index (χ0) is 14.3. The summed E-state index contributed by atoms with van der Waals surface area (Å²) in [7, 11) is 0. The molecule has 1 fully saturated rings. The van der Waals surface area contributed by atoms with Crippen LogP contribution in [0, 0.1) is 0 Å². The third-order valence-electron chi connectivity index (χ3n) is 3.34. The van der Waals surface area contributed by atoms with Crippen molar-refractivity contribution in [2.45, 2.75) is 45.6 Å². The van der Waals surface area contributed by atoms with Crippen molar-refractivity contribution in [3.8, 4) is 0 Å². The number of amides is 3. The number of likely N-dealkylation sites (tertiary alicyclic amines) is 1. The van der Waals surface area contributed by atoms with Gasteiger partial charge in [-0.05, 0) is 25.7 Å². The highest BCUT2D eigenvalue weighted by molar-refractivity contribution is 6.35. The minimum Gasteiger partial charge on any atom is -0.355 e. The number of carbonyl (C=O) groups excluding carboxylic acids is 3. The van der Waals surface area contributed by atoms with E-state index >= 15 is 0 Å². The molecule has 19 heavy (non-hydrogen) atoms. The van der Waals surface area contributed by atoms with E-state index in [-0.39, 0.29) is 18.5 Å². The largest absolute Gasteiger partial charge is 0.355 e. The molecule has 3 amide bonds. The van der Waals surface area contributed by atoms with Gasteiger partial charge in [0.1, 0.15) is 0 Å². The molecule has 0 aromatic carbocycles. The summed E-state index contributed by atoms with van der Waals surface area (Å²) in [5.74, 6) is -1.18. The Kier molecular flexibility index (Phi) is 6.32. The van der Waals surface area contributed by atoms with Gasteiger partial charge >= 0.3 is 11.8 Å². The molecule has 1 rings (SSSR count). The van der Waals surface area contributed by atoms with Crippen LogP contribution in [0.5, 0.6) is 0 Å². The van der Waals surface area contributed by atoms with Crippen molar-refractivity contribution in [1.82, 2.24) is 15.5 Å². The molecule has 6 heteroatoms. The summed E-state index contributed by atoms with van der Waals surface area (Å²) in [6.07, 6.45) is 3.93. The van der Waals surface area contributed by atoms with Crippen molar-refractivity contribution in [1.29, 1.82) is 0 Å². The highest BCUT2D eigenvalue weighted by atomic mass is 16.2. The fraction of sp³-hybridized carbons (Fsp3) is 0.769. The maximum atomic E-state index is 12.0. The van der Waals surface area contributed by atoms with Crippen molar-refractivity contribution in [2.75, 3.05) is 19.6 Å². The molecule has 1 aliphatic rings. The lowest BCUT2D eigenvalue weighted by Crippen LogP contribution is -2.50. The molecule has 0 radical (unpaired) electrons. The number of nitrogens with one attached hydrogen (secondary N) is 2. The monoisotopic (exact) mass is 269 g/mol. The molecule has 1 unspecified atom stereocenters. The molecular weight excluding hydrogens is 246 g/mol. The Bertz CT molecular complexity index is 344. The van der Waals surface area contributed by atoms with Crippen LogP contribution in [0.2, 0.25) is 0 Å². The van der Waals surface area contributed by atoms with Crippen molar-refractivity contribution < 1.29 is 14.4 Å². The van der Waals surface area contributed by atoms with Crippen LogP contribution in [-0.2, 0) is 14.4 Å². The Morgan fingerprint density at radius 3 is 2.47 bits per heavy atom. The molecule has 0 aliphatic carbocycles. The van der Waals surface area contributed by atoms with Gasteiger partial charge in [-0.2, -0.15) is 0 Å². The normalized spacial score (nSPS) is 18.8. The molecule has 6 nitrogen and oxygen atoms in total. The lowest BCUT2D eigenvalue weighted by Gasteiger charge is -2.34. The first kappa shape index (κ1) is 15.5. The predicted molar refractivity (Wildman–Crippen MR) is 71.3 cm³/mol. The quantitative estimate of drug-likeness (QED) is 0.558. The highest BCUT2D eigenvalue weighted by Gasteiger charge is 2.29. The van der Waals surface area contributed by atoms with Gasteiger partial charge in [0, 0.05) is 32.6 Å². The molecule has 0 spiro atoms. The van der Waals surface area contributed by atoms with E-state index in [1.54, 1.807) is 4.90 Å². The van der Waals surface area contributed by atoms with Crippen LogP contribution < -0.4 is 10.6 Å². The molecule has 2 N–H and O–H groups in total. The number of rotatable bonds is 4. The highest BCUT2D eigenvalue weighted by Crippen LogP contribution is 2.19. The summed E-state index contributed by atoms with van der Waals surface area (Å²) in [5, 5.41) is 5.10. The first-order chi connectivity index (χ1) is 9.06. The Balaban J connectivity index is 2.38. The molecular formula is C13H23N3O3. The van der Waals surface area contributed by atoms with Crippen LogP contribution >= 0.6 is 0 Å². The summed E-state index contributed by atoms with van der Waals surface area (Å²) in [6, 6.07) is 0.183. The van der Waals surface area contributed by atoms with E-state index in [1.807, 2.05) is 6.92 Å². The van der Waals surface area contributed by atoms with Gasteiger partial charge in [0.25, 0.3) is 0 Å². The van der Waals surface area contributed by atoms with Crippen LogP contribution in [0.4, 0.5) is 0 Å². The standard InChI is InChI=1S/C13H23N3O3/c1-3-11-6-4-5-9-16(11)13(19)12(18)15-8-7-14-10(2)17/h11H,3-9H2,1-2H3,(H,14,17)(H,15,18). The number of hydrogen-bond acceptors (Lipinski definition) is 3. The topological polar surface area (TPSA) is 78.5 Å². The fourth-order valence-corrected chi connectivity index (χ4v) is 2.31. The molecule has 108 valence electrons. The average Bonchev–Trinajstić information content (AvgIpc) is 2.42. The first-order valence-corrected chi connectivity index (χ1v) is 6.89. The molecule has 0 aromatic rings. The van der Waals surface area contributed by atoms with Gasteiger partial charge in [0.05, 0.1) is 0 Å². The lowest BCUT2D eigenvalue weighted by atomic mass is 10.00. The molecule has 0 bridgehead atoms. The summed E-state index contributed by atoms with van der Waals surface area (Å²) in [5.41, 5.74) is 0. The van der Waals surface area contributed by atoms with E-state index in [9.17, 15) is 14.4 Å². The molecule has 0 aromatic heterocycles. The number of piperidine rings is 1. The molecule has 1 saturated heterocycles. The Labute approximate surface area is 113 Å². The maximum absolute atomic E-state index is 12.0. The minimum atomic E-state index is -0.578. The first-order valence-electron chi connectivity index (χ1n) is 6.89. The third kappa shape index (κ3) is 4.89. The molecule has 1 aliphatic heterocycles. The van der Waals surface area contributed by atoms with E-state index in [0.29, 0.717) is 13.1 Å². The summed E-state index contributed by atoms with van der Waals surface area (Å²) >= 11 is 0. The van der Waals surface area contributed by atoms with Crippen LogP contribution in [0.1, 0.15) is 39.5 Å². The van der Waals surface area contributed by atoms with Gasteiger partial charge in [-0.25, -0.2) is 0 Å². The summed E-state index contributed by atoms with van der Waals surface area (Å²) in [6.45, 7) is 4.72. The zero-order valence-electron chi connectivity index (χ0n) is 11.7. The maximum Gasteiger partial charge on any atom is 0.312 e. The number of hydrogen-bond donors (Lipinski definition) is 2. The second kappa shape index (κ2) is 7.76. The van der Waals surface area contributed by atoms with Gasteiger partial charge in [0.15, 0.2) is 0 Å². The molecule has 1 atom stereocenters. The van der Waals surface area contributed by atoms with Gasteiger partial charge in [-0.1, -0.05) is 6.92 Å². The SMILES string of the molecule is CCC1CCCCN1C(=O)C(=O)NCCNC(C)=O. The molecule has 0 saturated carbocycles. The van der Waals surface area contributed by atoms with Crippen molar-refractivity contribution in [3.05, 3.63) is 0 Å². The predicted octanol–water partition coefficient (Wildman–Crippen LogP) is 0.0298. The molecule has 1 heterocycles. The zero-order valence-corrected chi connectivity index (χ0v) is 11.7. The second-order valence-electron chi connectivity index (χ2n) is 4.80. The fourth-order valence-electron chi connectivity index (χ4n) is 2.31. The third-order valence-corrected chi connectivity index (χ3v) is 3.34. The number of carbonyl (C=O) groups is 3. The van der Waals surface area contributed by atoms with Crippen LogP contribution in [0.25, 0.3) is 0 Å². The van der Waals surface area contributed by atoms with Crippen molar-refractivity contribution >= 4 is 17.7 Å². The van der Waals surface area contributed by atoms with Gasteiger partial charge in [-0.3, -0.25) is 14.4 Å². The Morgan fingerprint density at radius 2 is 1.84 bits per heavy atom. The Hall–Kier alpha value is -1.59. The van der Waals surface area contributed by atoms with E-state index in [1.165, 1.54) is 6.92 Å². The van der Waals surface area contributed by atoms with Gasteiger partial charge in [0.2, 0.25) is 5.91 Å². The van der Waals surface area contributed by atoms with Crippen LogP contribution in [-0.4, -0.2) is 48.3 Å². The lowest BCUT2D eigenvalue weighted by molar-refractivity contribution is -0.148. The second-order valence-corrected chi connectivity index (χ2v) is 4.80. The minimum absolute atomic E-state index is 0.150. The van der Waals surface area contributed by atoms with Crippen LogP contribution in [0.15, 0.2) is 0 Å². The van der Waals surface area contributed by atoms with E-state index in [2.05, 4.69) is 10.6 Å². The Morgan fingerprint density at radius 1 is 1.16 bits per heavy atom. The van der Waals surface area contributed by atoms with Gasteiger partial charge in [-0.15, -0.1) is 0 Å². The van der Waals surface area contributed by atoms with E-state index < -0.39 is 11.8 Å².